The van der Waals surface area contributed by atoms with Gasteiger partial charge in [-0.15, -0.1) is 23.1 Å². The number of rotatable bonds is 10. The third-order valence-electron chi connectivity index (χ3n) is 6.12. The summed E-state index contributed by atoms with van der Waals surface area (Å²) in [6.07, 6.45) is 1.55. The Morgan fingerprint density at radius 1 is 0.822 bits per heavy atom. The van der Waals surface area contributed by atoms with E-state index in [1.807, 2.05) is 17.5 Å². The Bertz CT molecular complexity index is 1900. The van der Waals surface area contributed by atoms with Crippen LogP contribution in [0.4, 0.5) is 10.8 Å². The molecule has 1 heterocycles. The highest BCUT2D eigenvalue weighted by Crippen LogP contribution is 2.31. The molecule has 0 fully saturated rings. The van der Waals surface area contributed by atoms with Gasteiger partial charge in [0.2, 0.25) is 5.91 Å². The molecule has 1 aromatic heterocycles. The van der Waals surface area contributed by atoms with Gasteiger partial charge in [0.25, 0.3) is 11.8 Å². The summed E-state index contributed by atoms with van der Waals surface area (Å²) in [6, 6.07) is 27.8. The van der Waals surface area contributed by atoms with Gasteiger partial charge in [0.15, 0.2) is 5.13 Å². The first kappa shape index (κ1) is 32.3. The van der Waals surface area contributed by atoms with Crippen LogP contribution in [-0.2, 0) is 9.59 Å². The minimum absolute atomic E-state index is 0.0345. The fourth-order valence-electron chi connectivity index (χ4n) is 3.99. The molecule has 0 radical (unpaired) electrons. The molecule has 0 aliphatic carbocycles. The van der Waals surface area contributed by atoms with Crippen molar-refractivity contribution in [3.8, 4) is 11.3 Å². The third-order valence-corrected chi connectivity index (χ3v) is 8.84. The number of thiazole rings is 1. The lowest BCUT2D eigenvalue weighted by Crippen LogP contribution is -2.30. The van der Waals surface area contributed by atoms with Crippen molar-refractivity contribution < 1.29 is 14.4 Å². The second-order valence-electron chi connectivity index (χ2n) is 9.42. The molecule has 226 valence electrons. The molecule has 0 unspecified atom stereocenters. The van der Waals surface area contributed by atoms with Crippen molar-refractivity contribution >= 4 is 92.5 Å². The zero-order chi connectivity index (χ0) is 31.8. The minimum Gasteiger partial charge on any atom is -0.321 e. The number of benzene rings is 4. The Morgan fingerprint density at radius 3 is 2.40 bits per heavy atom. The van der Waals surface area contributed by atoms with Gasteiger partial charge in [0, 0.05) is 32.1 Å². The van der Waals surface area contributed by atoms with E-state index in [-0.39, 0.29) is 17.4 Å². The van der Waals surface area contributed by atoms with Crippen molar-refractivity contribution in [3.63, 3.8) is 0 Å². The average Bonchev–Trinajstić information content (AvgIpc) is 3.50. The molecule has 12 heteroatoms. The number of carbonyl (C=O) groups excluding carboxylic acids is 3. The summed E-state index contributed by atoms with van der Waals surface area (Å²) < 4.78 is 0. The summed E-state index contributed by atoms with van der Waals surface area (Å²) in [5.74, 6) is -1.08. The standard InChI is InChI=1S/C33H23Cl3N4O3S2/c34-23-9-4-6-20(14-23)15-28(38-31(42)21-7-2-1-3-8-21)32(43)37-24-10-5-11-25(17-24)44-19-30(41)40-33-39-29(18-45-33)22-12-13-26(35)27(36)16-22/h1-18H,19H2,(H,37,43)(H,38,42)(H,39,40,41)/b28-15-. The summed E-state index contributed by atoms with van der Waals surface area (Å²) in [4.78, 5) is 44.2. The fraction of sp³-hybridized carbons (Fsp3) is 0.0303. The van der Waals surface area contributed by atoms with Crippen molar-refractivity contribution in [2.24, 2.45) is 0 Å². The Labute approximate surface area is 282 Å². The number of hydrogen-bond acceptors (Lipinski definition) is 6. The normalized spacial score (nSPS) is 11.1. The van der Waals surface area contributed by atoms with Crippen LogP contribution in [0.15, 0.2) is 113 Å². The van der Waals surface area contributed by atoms with Crippen LogP contribution in [0.25, 0.3) is 17.3 Å². The predicted octanol–water partition coefficient (Wildman–Crippen LogP) is 8.91. The maximum atomic E-state index is 13.4. The van der Waals surface area contributed by atoms with Crippen molar-refractivity contribution in [2.45, 2.75) is 4.90 Å². The molecular weight excluding hydrogens is 671 g/mol. The summed E-state index contributed by atoms with van der Waals surface area (Å²) in [7, 11) is 0. The number of anilines is 2. The molecule has 5 rings (SSSR count). The minimum atomic E-state index is -0.527. The average molecular weight is 694 g/mol. The lowest BCUT2D eigenvalue weighted by atomic mass is 10.1. The van der Waals surface area contributed by atoms with Crippen molar-refractivity contribution in [3.05, 3.63) is 134 Å². The number of aromatic nitrogens is 1. The van der Waals surface area contributed by atoms with Crippen molar-refractivity contribution in [1.29, 1.82) is 0 Å². The van der Waals surface area contributed by atoms with Gasteiger partial charge in [-0.1, -0.05) is 77.3 Å². The highest BCUT2D eigenvalue weighted by molar-refractivity contribution is 8.00. The van der Waals surface area contributed by atoms with E-state index in [0.29, 0.717) is 42.7 Å². The van der Waals surface area contributed by atoms with Crippen LogP contribution in [0.2, 0.25) is 15.1 Å². The second kappa shape index (κ2) is 15.2. The number of nitrogens with zero attached hydrogens (tertiary/aromatic N) is 1. The SMILES string of the molecule is O=C(CSc1cccc(NC(=O)/C(=C/c2cccc(Cl)c2)NC(=O)c2ccccc2)c1)Nc1nc(-c2ccc(Cl)c(Cl)c2)cs1. The van der Waals surface area contributed by atoms with Crippen LogP contribution in [0, 0.1) is 0 Å². The van der Waals surface area contributed by atoms with E-state index < -0.39 is 11.8 Å². The summed E-state index contributed by atoms with van der Waals surface area (Å²) >= 11 is 20.8. The van der Waals surface area contributed by atoms with Crippen LogP contribution >= 0.6 is 57.9 Å². The van der Waals surface area contributed by atoms with Crippen molar-refractivity contribution in [1.82, 2.24) is 10.3 Å². The Morgan fingerprint density at radius 2 is 1.62 bits per heavy atom. The quantitative estimate of drug-likeness (QED) is 0.100. The molecule has 0 saturated carbocycles. The Hall–Kier alpha value is -4.12. The topological polar surface area (TPSA) is 100 Å². The number of nitrogens with one attached hydrogen (secondary N) is 3. The molecule has 5 aromatic rings. The predicted molar refractivity (Wildman–Crippen MR) is 185 cm³/mol. The molecule has 0 atom stereocenters. The number of halogens is 3. The van der Waals surface area contributed by atoms with E-state index in [0.717, 1.165) is 10.5 Å². The van der Waals surface area contributed by atoms with E-state index in [1.54, 1.807) is 91.0 Å². The molecule has 0 bridgehead atoms. The molecule has 3 amide bonds. The smallest absolute Gasteiger partial charge is 0.272 e. The van der Waals surface area contributed by atoms with Crippen molar-refractivity contribution in [2.75, 3.05) is 16.4 Å². The molecule has 3 N–H and O–H groups in total. The van der Waals surface area contributed by atoms with Gasteiger partial charge in [-0.05, 0) is 66.2 Å². The number of amides is 3. The first-order valence-corrected chi connectivity index (χ1v) is 16.3. The lowest BCUT2D eigenvalue weighted by molar-refractivity contribution is -0.114. The van der Waals surface area contributed by atoms with Crippen LogP contribution < -0.4 is 16.0 Å². The molecule has 4 aromatic carbocycles. The first-order chi connectivity index (χ1) is 21.7. The zero-order valence-electron chi connectivity index (χ0n) is 23.2. The number of thioether (sulfide) groups is 1. The molecule has 7 nitrogen and oxygen atoms in total. The first-order valence-electron chi connectivity index (χ1n) is 13.3. The number of hydrogen-bond donors (Lipinski definition) is 3. The largest absolute Gasteiger partial charge is 0.321 e. The van der Waals surface area contributed by atoms with Crippen LogP contribution in [0.3, 0.4) is 0 Å². The Kier molecular flexibility index (Phi) is 10.9. The van der Waals surface area contributed by atoms with Gasteiger partial charge < -0.3 is 16.0 Å². The van der Waals surface area contributed by atoms with E-state index in [1.165, 1.54) is 23.1 Å². The van der Waals surface area contributed by atoms with Gasteiger partial charge in [-0.3, -0.25) is 14.4 Å². The van der Waals surface area contributed by atoms with E-state index >= 15 is 0 Å². The van der Waals surface area contributed by atoms with E-state index in [2.05, 4.69) is 20.9 Å². The highest BCUT2D eigenvalue weighted by atomic mass is 35.5. The van der Waals surface area contributed by atoms with Gasteiger partial charge in [0.05, 0.1) is 21.5 Å². The highest BCUT2D eigenvalue weighted by Gasteiger charge is 2.16. The molecular formula is C33H23Cl3N4O3S2. The summed E-state index contributed by atoms with van der Waals surface area (Å²) in [6.45, 7) is 0. The molecule has 45 heavy (non-hydrogen) atoms. The van der Waals surface area contributed by atoms with Gasteiger partial charge in [-0.2, -0.15) is 0 Å². The molecule has 0 spiro atoms. The fourth-order valence-corrected chi connectivity index (χ4v) is 5.98. The van der Waals surface area contributed by atoms with E-state index in [9.17, 15) is 14.4 Å². The monoisotopic (exact) mass is 692 g/mol. The zero-order valence-corrected chi connectivity index (χ0v) is 27.1. The van der Waals surface area contributed by atoms with E-state index in [4.69, 9.17) is 34.8 Å². The molecule has 0 aliphatic heterocycles. The van der Waals surface area contributed by atoms with Crippen LogP contribution in [0.1, 0.15) is 15.9 Å². The van der Waals surface area contributed by atoms with Crippen LogP contribution in [0.5, 0.6) is 0 Å². The third kappa shape index (κ3) is 9.20. The summed E-state index contributed by atoms with van der Waals surface area (Å²) in [5.41, 5.74) is 3.03. The lowest BCUT2D eigenvalue weighted by Gasteiger charge is -2.12. The van der Waals surface area contributed by atoms with Gasteiger partial charge in [0.1, 0.15) is 5.70 Å². The second-order valence-corrected chi connectivity index (χ2v) is 12.6. The number of carbonyl (C=O) groups is 3. The van der Waals surface area contributed by atoms with Crippen LogP contribution in [-0.4, -0.2) is 28.5 Å². The maximum Gasteiger partial charge on any atom is 0.272 e. The maximum absolute atomic E-state index is 13.4. The molecule has 0 aliphatic rings. The van der Waals surface area contributed by atoms with Gasteiger partial charge >= 0.3 is 0 Å². The molecule has 0 saturated heterocycles. The summed E-state index contributed by atoms with van der Waals surface area (Å²) in [5, 5.41) is 12.0. The van der Waals surface area contributed by atoms with Gasteiger partial charge in [-0.25, -0.2) is 4.98 Å². The Balaban J connectivity index is 1.22.